The second-order valence-corrected chi connectivity index (χ2v) is 5.53. The molecule has 2 amide bonds. The summed E-state index contributed by atoms with van der Waals surface area (Å²) in [7, 11) is 3.66. The monoisotopic (exact) mass is 309 g/mol. The average molecular weight is 310 g/mol. The van der Waals surface area contributed by atoms with Crippen molar-refractivity contribution in [1.29, 1.82) is 0 Å². The van der Waals surface area contributed by atoms with E-state index < -0.39 is 6.03 Å². The van der Waals surface area contributed by atoms with Gasteiger partial charge >= 0.3 is 6.03 Å². The van der Waals surface area contributed by atoms with Crippen molar-refractivity contribution in [3.63, 3.8) is 0 Å². The molecule has 0 aromatic heterocycles. The van der Waals surface area contributed by atoms with Crippen molar-refractivity contribution in [2.24, 2.45) is 4.99 Å². The molecule has 1 N–H and O–H groups in total. The average Bonchev–Trinajstić information content (AvgIpc) is 2.37. The van der Waals surface area contributed by atoms with E-state index in [9.17, 15) is 4.79 Å². The van der Waals surface area contributed by atoms with E-state index in [1.165, 1.54) is 11.8 Å². The van der Waals surface area contributed by atoms with Crippen LogP contribution < -0.4 is 5.32 Å². The molecule has 0 heterocycles. The van der Waals surface area contributed by atoms with Crippen LogP contribution in [0.25, 0.3) is 0 Å². The number of nitrogens with one attached hydrogen (secondary N) is 1. The predicted molar refractivity (Wildman–Crippen MR) is 87.5 cm³/mol. The second-order valence-electron chi connectivity index (χ2n) is 4.03. The number of aliphatic imine (C=N–C) groups is 1. The zero-order chi connectivity index (χ0) is 15.0. The Morgan fingerprint density at radius 2 is 2.30 bits per heavy atom. The minimum atomic E-state index is -0.441. The number of carbonyl (C=O) groups excluding carboxylic acids is 1. The summed E-state index contributed by atoms with van der Waals surface area (Å²) in [5, 5.41) is 3.84. The minimum Gasteiger partial charge on any atom is -0.357 e. The summed E-state index contributed by atoms with van der Waals surface area (Å²) in [6.07, 6.45) is 5.83. The molecule has 1 aromatic carbocycles. The van der Waals surface area contributed by atoms with Gasteiger partial charge in [-0.25, -0.2) is 4.79 Å². The maximum Gasteiger partial charge on any atom is 0.347 e. The molecule has 0 unspecified atom stereocenters. The highest BCUT2D eigenvalue weighted by atomic mass is 35.5. The topological polar surface area (TPSA) is 44.7 Å². The van der Waals surface area contributed by atoms with Crippen molar-refractivity contribution in [2.45, 2.75) is 6.42 Å². The predicted octanol–water partition coefficient (Wildman–Crippen LogP) is 3.55. The zero-order valence-corrected chi connectivity index (χ0v) is 13.0. The number of halogens is 1. The van der Waals surface area contributed by atoms with Gasteiger partial charge in [0.25, 0.3) is 0 Å². The van der Waals surface area contributed by atoms with Gasteiger partial charge in [-0.1, -0.05) is 29.4 Å². The normalized spacial score (nSPS) is 10.8. The molecule has 6 heteroatoms. The molecule has 0 aliphatic heterocycles. The third-order valence-corrected chi connectivity index (χ3v) is 3.49. The van der Waals surface area contributed by atoms with Gasteiger partial charge in [0.2, 0.25) is 0 Å². The first kappa shape index (κ1) is 16.4. The number of carbonyl (C=O) groups is 1. The van der Waals surface area contributed by atoms with Crippen molar-refractivity contribution in [3.8, 4) is 12.3 Å². The van der Waals surface area contributed by atoms with Crippen molar-refractivity contribution in [1.82, 2.24) is 4.90 Å². The van der Waals surface area contributed by atoms with Gasteiger partial charge in [0.1, 0.15) is 0 Å². The second kappa shape index (κ2) is 8.51. The van der Waals surface area contributed by atoms with Crippen LogP contribution in [0.1, 0.15) is 6.42 Å². The number of nitrogens with zero attached hydrogens (tertiary/aromatic N) is 2. The van der Waals surface area contributed by atoms with Gasteiger partial charge in [-0.3, -0.25) is 0 Å². The van der Waals surface area contributed by atoms with Crippen LogP contribution in [0.5, 0.6) is 0 Å². The van der Waals surface area contributed by atoms with E-state index in [-0.39, 0.29) is 0 Å². The molecule has 106 valence electrons. The van der Waals surface area contributed by atoms with Gasteiger partial charge < -0.3 is 10.2 Å². The van der Waals surface area contributed by atoms with E-state index in [0.29, 0.717) is 22.3 Å². The Labute approximate surface area is 128 Å². The Morgan fingerprint density at radius 3 is 2.90 bits per heavy atom. The summed E-state index contributed by atoms with van der Waals surface area (Å²) in [6.45, 7) is 0. The molecule has 1 rings (SSSR count). The molecular formula is C14H16ClN3OS. The quantitative estimate of drug-likeness (QED) is 0.402. The van der Waals surface area contributed by atoms with Crippen molar-refractivity contribution < 1.29 is 4.79 Å². The van der Waals surface area contributed by atoms with E-state index in [0.717, 1.165) is 5.75 Å². The lowest BCUT2D eigenvalue weighted by Gasteiger charge is -2.14. The molecule has 0 radical (unpaired) electrons. The van der Waals surface area contributed by atoms with Crippen LogP contribution in [0.2, 0.25) is 5.02 Å². The largest absolute Gasteiger partial charge is 0.357 e. The van der Waals surface area contributed by atoms with Crippen LogP contribution in [0.15, 0.2) is 29.3 Å². The molecule has 1 aromatic rings. The van der Waals surface area contributed by atoms with Gasteiger partial charge in [-0.15, -0.1) is 12.3 Å². The standard InChI is InChI=1S/C14H16ClN3OS/c1-4-5-9-20-14(18(2)3)17-13(19)16-12-8-6-7-11(15)10-12/h1,6-8,10H,5,9H2,2-3H3,(H,16,19)/b17-14+. The van der Waals surface area contributed by atoms with Crippen LogP contribution in [0.4, 0.5) is 10.5 Å². The summed E-state index contributed by atoms with van der Waals surface area (Å²) >= 11 is 7.29. The fraction of sp³-hybridized carbons (Fsp3) is 0.286. The lowest BCUT2D eigenvalue weighted by Crippen LogP contribution is -2.22. The summed E-state index contributed by atoms with van der Waals surface area (Å²) in [5.74, 6) is 3.27. The van der Waals surface area contributed by atoms with E-state index in [1.807, 2.05) is 14.1 Å². The molecule has 0 spiro atoms. The van der Waals surface area contributed by atoms with Crippen LogP contribution in [-0.4, -0.2) is 35.9 Å². The third kappa shape index (κ3) is 6.00. The lowest BCUT2D eigenvalue weighted by atomic mass is 10.3. The highest BCUT2D eigenvalue weighted by molar-refractivity contribution is 8.13. The molecule has 0 saturated carbocycles. The Kier molecular flexibility index (Phi) is 6.99. The van der Waals surface area contributed by atoms with Gasteiger partial charge in [0.05, 0.1) is 0 Å². The third-order valence-electron chi connectivity index (χ3n) is 2.13. The Hall–Kier alpha value is -1.64. The summed E-state index contributed by atoms with van der Waals surface area (Å²) < 4.78 is 0. The summed E-state index contributed by atoms with van der Waals surface area (Å²) in [5.41, 5.74) is 0.609. The number of benzene rings is 1. The number of rotatable bonds is 3. The highest BCUT2D eigenvalue weighted by Gasteiger charge is 2.07. The highest BCUT2D eigenvalue weighted by Crippen LogP contribution is 2.15. The maximum atomic E-state index is 11.8. The molecule has 0 saturated heterocycles. The smallest absolute Gasteiger partial charge is 0.347 e. The zero-order valence-electron chi connectivity index (χ0n) is 11.4. The number of hydrogen-bond acceptors (Lipinski definition) is 2. The number of terminal acetylenes is 1. The number of anilines is 1. The van der Waals surface area contributed by atoms with Gasteiger partial charge in [-0.05, 0) is 18.2 Å². The molecule has 0 atom stereocenters. The Bertz CT molecular complexity index is 537. The molecule has 0 bridgehead atoms. The molecule has 4 nitrogen and oxygen atoms in total. The van der Waals surface area contributed by atoms with Gasteiger partial charge in [0, 0.05) is 37.0 Å². The van der Waals surface area contributed by atoms with E-state index in [2.05, 4.69) is 16.2 Å². The van der Waals surface area contributed by atoms with E-state index >= 15 is 0 Å². The van der Waals surface area contributed by atoms with Crippen LogP contribution in [0, 0.1) is 12.3 Å². The Balaban J connectivity index is 2.68. The van der Waals surface area contributed by atoms with E-state index in [1.54, 1.807) is 29.2 Å². The van der Waals surface area contributed by atoms with Gasteiger partial charge in [0.15, 0.2) is 5.17 Å². The first-order valence-corrected chi connectivity index (χ1v) is 7.28. The van der Waals surface area contributed by atoms with Crippen molar-refractivity contribution in [2.75, 3.05) is 25.2 Å². The van der Waals surface area contributed by atoms with Crippen LogP contribution in [-0.2, 0) is 0 Å². The summed E-state index contributed by atoms with van der Waals surface area (Å²) in [4.78, 5) is 17.6. The molecule has 0 aliphatic carbocycles. The SMILES string of the molecule is C#CCCS/C(=N/C(=O)Nc1cccc(Cl)c1)N(C)C. The molecular weight excluding hydrogens is 294 g/mol. The first-order valence-electron chi connectivity index (χ1n) is 5.91. The fourth-order valence-corrected chi connectivity index (χ4v) is 2.27. The van der Waals surface area contributed by atoms with Crippen molar-refractivity contribution >= 4 is 40.2 Å². The summed E-state index contributed by atoms with van der Waals surface area (Å²) in [6, 6.07) is 6.47. The van der Waals surface area contributed by atoms with Crippen molar-refractivity contribution in [3.05, 3.63) is 29.3 Å². The lowest BCUT2D eigenvalue weighted by molar-refractivity contribution is 0.259. The van der Waals surface area contributed by atoms with Crippen LogP contribution >= 0.6 is 23.4 Å². The number of hydrogen-bond donors (Lipinski definition) is 1. The Morgan fingerprint density at radius 1 is 1.55 bits per heavy atom. The van der Waals surface area contributed by atoms with E-state index in [4.69, 9.17) is 18.0 Å². The van der Waals surface area contributed by atoms with Crippen LogP contribution in [0.3, 0.4) is 0 Å². The van der Waals surface area contributed by atoms with Gasteiger partial charge in [-0.2, -0.15) is 4.99 Å². The number of thioether (sulfide) groups is 1. The number of amides is 2. The maximum absolute atomic E-state index is 11.8. The first-order chi connectivity index (χ1) is 9.52. The molecule has 0 aliphatic rings. The molecule has 20 heavy (non-hydrogen) atoms. The fourth-order valence-electron chi connectivity index (χ4n) is 1.27. The minimum absolute atomic E-state index is 0.441. The number of amidine groups is 1. The number of urea groups is 1. The molecule has 0 fully saturated rings.